The molecular formula is C36H22N2OS. The smallest absolute Gasteiger partial charge is 0.135 e. The van der Waals surface area contributed by atoms with E-state index in [4.69, 9.17) is 10.2 Å². The molecule has 0 radical (unpaired) electrons. The monoisotopic (exact) mass is 530 g/mol. The largest absolute Gasteiger partial charge is 0.456 e. The summed E-state index contributed by atoms with van der Waals surface area (Å²) >= 11 is 1.85. The van der Waals surface area contributed by atoms with Crippen LogP contribution in [0.15, 0.2) is 126 Å². The van der Waals surface area contributed by atoms with Crippen LogP contribution in [0.2, 0.25) is 0 Å². The summed E-state index contributed by atoms with van der Waals surface area (Å²) in [5, 5.41) is 7.32. The zero-order chi connectivity index (χ0) is 26.4. The summed E-state index contributed by atoms with van der Waals surface area (Å²) < 4.78 is 11.2. The standard InChI is InChI=1S/C36H22N2OS/c37-22-14-16-30(27(20-22)21-13-17-32-28(19-21)24-8-2-5-11-31(24)39-32)38-29-10-4-1-7-23(29)25-15-18-34-35(36(25)38)26-9-3-6-12-33(26)40-34/h1-20H,37H2. The Morgan fingerprint density at radius 1 is 0.575 bits per heavy atom. The van der Waals surface area contributed by atoms with Crippen LogP contribution in [-0.4, -0.2) is 4.57 Å². The average Bonchev–Trinajstić information content (AvgIpc) is 3.66. The Bertz CT molecular complexity index is 2460. The van der Waals surface area contributed by atoms with Gasteiger partial charge in [-0.2, -0.15) is 0 Å². The number of anilines is 1. The number of nitrogens with zero attached hydrogens (tertiary/aromatic N) is 1. The van der Waals surface area contributed by atoms with E-state index in [1.54, 1.807) is 0 Å². The molecule has 0 spiro atoms. The summed E-state index contributed by atoms with van der Waals surface area (Å²) in [6.45, 7) is 0. The molecule has 9 rings (SSSR count). The quantitative estimate of drug-likeness (QED) is 0.226. The summed E-state index contributed by atoms with van der Waals surface area (Å²) in [7, 11) is 0. The summed E-state index contributed by atoms with van der Waals surface area (Å²) in [6, 6.07) is 43.0. The van der Waals surface area contributed by atoms with E-state index in [1.165, 1.54) is 42.0 Å². The van der Waals surface area contributed by atoms with Crippen LogP contribution >= 0.6 is 11.3 Å². The van der Waals surface area contributed by atoms with E-state index in [1.807, 2.05) is 29.5 Å². The van der Waals surface area contributed by atoms with Gasteiger partial charge in [-0.05, 0) is 60.2 Å². The number of fused-ring (bicyclic) bond motifs is 10. The molecule has 0 fully saturated rings. The van der Waals surface area contributed by atoms with Crippen LogP contribution < -0.4 is 5.73 Å². The van der Waals surface area contributed by atoms with Crippen molar-refractivity contribution in [2.24, 2.45) is 0 Å². The van der Waals surface area contributed by atoms with E-state index in [9.17, 15) is 0 Å². The fraction of sp³-hybridized carbons (Fsp3) is 0. The Balaban J connectivity index is 1.43. The molecule has 40 heavy (non-hydrogen) atoms. The van der Waals surface area contributed by atoms with Crippen LogP contribution in [0.3, 0.4) is 0 Å². The minimum Gasteiger partial charge on any atom is -0.456 e. The minimum absolute atomic E-state index is 0.739. The molecule has 0 amide bonds. The van der Waals surface area contributed by atoms with E-state index in [0.29, 0.717) is 0 Å². The molecule has 0 bridgehead atoms. The van der Waals surface area contributed by atoms with E-state index in [2.05, 4.69) is 108 Å². The third-order valence-electron chi connectivity index (χ3n) is 8.12. The van der Waals surface area contributed by atoms with Gasteiger partial charge in [0.1, 0.15) is 11.2 Å². The number of para-hydroxylation sites is 2. The van der Waals surface area contributed by atoms with Crippen LogP contribution in [0.25, 0.3) is 80.7 Å². The maximum atomic E-state index is 6.45. The first-order valence-corrected chi connectivity index (χ1v) is 14.2. The number of nitrogen functional groups attached to an aromatic ring is 1. The molecule has 6 aromatic carbocycles. The third-order valence-corrected chi connectivity index (χ3v) is 9.26. The average molecular weight is 531 g/mol. The van der Waals surface area contributed by atoms with Gasteiger partial charge in [-0.15, -0.1) is 11.3 Å². The number of furan rings is 1. The molecule has 3 nitrogen and oxygen atoms in total. The van der Waals surface area contributed by atoms with E-state index in [0.717, 1.165) is 44.4 Å². The topological polar surface area (TPSA) is 44.1 Å². The van der Waals surface area contributed by atoms with Gasteiger partial charge in [-0.1, -0.05) is 66.7 Å². The lowest BCUT2D eigenvalue weighted by atomic mass is 10.00. The normalized spacial score (nSPS) is 12.1. The Hall–Kier alpha value is -5.06. The lowest BCUT2D eigenvalue weighted by Crippen LogP contribution is -1.99. The van der Waals surface area contributed by atoms with Crippen molar-refractivity contribution in [3.63, 3.8) is 0 Å². The molecule has 0 atom stereocenters. The maximum absolute atomic E-state index is 6.45. The van der Waals surface area contributed by atoms with Crippen LogP contribution in [0, 0.1) is 0 Å². The second kappa shape index (κ2) is 7.98. The summed E-state index contributed by atoms with van der Waals surface area (Å²) in [6.07, 6.45) is 0. The summed E-state index contributed by atoms with van der Waals surface area (Å²) in [4.78, 5) is 0. The first-order valence-electron chi connectivity index (χ1n) is 13.4. The predicted molar refractivity (Wildman–Crippen MR) is 171 cm³/mol. The van der Waals surface area contributed by atoms with Gasteiger partial charge >= 0.3 is 0 Å². The fourth-order valence-electron chi connectivity index (χ4n) is 6.39. The number of nitrogens with two attached hydrogens (primary N) is 1. The van der Waals surface area contributed by atoms with Crippen molar-refractivity contribution in [2.75, 3.05) is 5.73 Å². The van der Waals surface area contributed by atoms with Gasteiger partial charge in [0, 0.05) is 53.0 Å². The van der Waals surface area contributed by atoms with Gasteiger partial charge in [0.05, 0.1) is 16.7 Å². The molecular weight excluding hydrogens is 508 g/mol. The van der Waals surface area contributed by atoms with Crippen molar-refractivity contribution in [1.29, 1.82) is 0 Å². The first-order chi connectivity index (χ1) is 19.7. The molecule has 0 saturated heterocycles. The molecule has 2 N–H and O–H groups in total. The third kappa shape index (κ3) is 2.94. The number of hydrogen-bond donors (Lipinski definition) is 1. The van der Waals surface area contributed by atoms with Gasteiger partial charge in [0.15, 0.2) is 0 Å². The highest BCUT2D eigenvalue weighted by molar-refractivity contribution is 7.26. The van der Waals surface area contributed by atoms with Crippen molar-refractivity contribution in [3.8, 4) is 16.8 Å². The number of aromatic nitrogens is 1. The zero-order valence-electron chi connectivity index (χ0n) is 21.4. The van der Waals surface area contributed by atoms with E-state index >= 15 is 0 Å². The lowest BCUT2D eigenvalue weighted by molar-refractivity contribution is 0.669. The summed E-state index contributed by atoms with van der Waals surface area (Å²) in [5.74, 6) is 0. The molecule has 0 unspecified atom stereocenters. The van der Waals surface area contributed by atoms with Gasteiger partial charge in [0.25, 0.3) is 0 Å². The van der Waals surface area contributed by atoms with E-state index in [-0.39, 0.29) is 0 Å². The van der Waals surface area contributed by atoms with Crippen molar-refractivity contribution in [1.82, 2.24) is 4.57 Å². The first kappa shape index (κ1) is 21.8. The predicted octanol–water partition coefficient (Wildman–Crippen LogP) is 10.3. The molecule has 0 aliphatic rings. The Morgan fingerprint density at radius 3 is 2.27 bits per heavy atom. The number of benzene rings is 6. The van der Waals surface area contributed by atoms with Gasteiger partial charge in [-0.25, -0.2) is 0 Å². The second-order valence-electron chi connectivity index (χ2n) is 10.4. The SMILES string of the molecule is Nc1ccc(-n2c3ccccc3c3ccc4sc5ccccc5c4c32)c(-c2ccc3oc4ccccc4c3c2)c1. The maximum Gasteiger partial charge on any atom is 0.135 e. The molecule has 0 aliphatic heterocycles. The molecule has 0 aliphatic carbocycles. The van der Waals surface area contributed by atoms with Gasteiger partial charge in [-0.3, -0.25) is 0 Å². The number of thiophene rings is 1. The molecule has 3 aromatic heterocycles. The van der Waals surface area contributed by atoms with Crippen LogP contribution in [0.4, 0.5) is 5.69 Å². The lowest BCUT2D eigenvalue weighted by Gasteiger charge is -2.15. The summed E-state index contributed by atoms with van der Waals surface area (Å²) in [5.41, 5.74) is 14.7. The molecule has 0 saturated carbocycles. The van der Waals surface area contributed by atoms with Crippen molar-refractivity contribution in [2.45, 2.75) is 0 Å². The minimum atomic E-state index is 0.739. The van der Waals surface area contributed by atoms with Crippen LogP contribution in [0.1, 0.15) is 0 Å². The highest BCUT2D eigenvalue weighted by Gasteiger charge is 2.20. The molecule has 3 heterocycles. The van der Waals surface area contributed by atoms with Crippen LogP contribution in [-0.2, 0) is 0 Å². The Kier molecular flexibility index (Phi) is 4.35. The number of rotatable bonds is 2. The highest BCUT2D eigenvalue weighted by Crippen LogP contribution is 2.44. The van der Waals surface area contributed by atoms with Crippen molar-refractivity contribution >= 4 is 80.9 Å². The van der Waals surface area contributed by atoms with Gasteiger partial charge in [0.2, 0.25) is 0 Å². The van der Waals surface area contributed by atoms with Crippen LogP contribution in [0.5, 0.6) is 0 Å². The van der Waals surface area contributed by atoms with Gasteiger partial charge < -0.3 is 14.7 Å². The molecule has 4 heteroatoms. The Labute approximate surface area is 233 Å². The van der Waals surface area contributed by atoms with E-state index < -0.39 is 0 Å². The Morgan fingerprint density at radius 2 is 1.35 bits per heavy atom. The zero-order valence-corrected chi connectivity index (χ0v) is 22.2. The molecule has 188 valence electrons. The number of hydrogen-bond acceptors (Lipinski definition) is 3. The molecule has 9 aromatic rings. The fourth-order valence-corrected chi connectivity index (χ4v) is 7.50. The second-order valence-corrected chi connectivity index (χ2v) is 11.5. The van der Waals surface area contributed by atoms with Crippen molar-refractivity contribution < 1.29 is 4.42 Å². The van der Waals surface area contributed by atoms with Crippen molar-refractivity contribution in [3.05, 3.63) is 121 Å². The highest BCUT2D eigenvalue weighted by atomic mass is 32.1.